The van der Waals surface area contributed by atoms with Crippen molar-refractivity contribution in [3.8, 4) is 0 Å². The van der Waals surface area contributed by atoms with Crippen LogP contribution in [0.5, 0.6) is 0 Å². The van der Waals surface area contributed by atoms with Crippen LogP contribution in [0, 0.1) is 12.8 Å². The van der Waals surface area contributed by atoms with E-state index in [2.05, 4.69) is 20.7 Å². The van der Waals surface area contributed by atoms with E-state index in [4.69, 9.17) is 0 Å². The highest BCUT2D eigenvalue weighted by Crippen LogP contribution is 2.42. The molecule has 1 heterocycles. The summed E-state index contributed by atoms with van der Waals surface area (Å²) >= 11 is 4.64. The number of rotatable bonds is 5. The predicted molar refractivity (Wildman–Crippen MR) is 89.0 cm³/mol. The van der Waals surface area contributed by atoms with E-state index in [0.29, 0.717) is 10.1 Å². The summed E-state index contributed by atoms with van der Waals surface area (Å²) < 4.78 is 29.3. The van der Waals surface area contributed by atoms with Gasteiger partial charge in [0.25, 0.3) is 10.0 Å². The van der Waals surface area contributed by atoms with Crippen molar-refractivity contribution in [1.82, 2.24) is 4.72 Å². The number of benzene rings is 1. The molecule has 1 aliphatic carbocycles. The van der Waals surface area contributed by atoms with Gasteiger partial charge in [-0.1, -0.05) is 30.3 Å². The van der Waals surface area contributed by atoms with E-state index in [1.54, 1.807) is 6.07 Å². The molecule has 3 nitrogen and oxygen atoms in total. The average molecular weight is 386 g/mol. The molecular weight excluding hydrogens is 370 g/mol. The van der Waals surface area contributed by atoms with Crippen LogP contribution in [0.25, 0.3) is 0 Å². The molecule has 0 spiro atoms. The first-order valence-corrected chi connectivity index (χ1v) is 9.90. The summed E-state index contributed by atoms with van der Waals surface area (Å²) in [5, 5.41) is 0. The molecule has 0 amide bonds. The van der Waals surface area contributed by atoms with Gasteiger partial charge in [-0.05, 0) is 58.8 Å². The molecule has 1 aromatic heterocycles. The third-order valence-corrected chi connectivity index (χ3v) is 7.68. The monoisotopic (exact) mass is 385 g/mol. The highest BCUT2D eigenvalue weighted by atomic mass is 79.9. The van der Waals surface area contributed by atoms with E-state index in [-0.39, 0.29) is 6.04 Å². The van der Waals surface area contributed by atoms with Gasteiger partial charge in [0.1, 0.15) is 4.21 Å². The highest BCUT2D eigenvalue weighted by molar-refractivity contribution is 9.11. The standard InChI is InChI=1S/C15H16BrNO2S2/c1-10-9-13(20-15(10)16)21(18,19)17-14(12-7-8-12)11-5-3-2-4-6-11/h2-6,9,12,14,17H,7-8H2,1H3. The fraction of sp³-hybridized carbons (Fsp3) is 0.333. The third kappa shape index (κ3) is 3.39. The van der Waals surface area contributed by atoms with Gasteiger partial charge in [0.15, 0.2) is 0 Å². The first-order valence-electron chi connectivity index (χ1n) is 6.80. The summed E-state index contributed by atoms with van der Waals surface area (Å²) in [5.74, 6) is 0.409. The van der Waals surface area contributed by atoms with Gasteiger partial charge >= 0.3 is 0 Å². The summed E-state index contributed by atoms with van der Waals surface area (Å²) in [6.45, 7) is 1.90. The molecule has 1 aromatic carbocycles. The molecule has 2 aromatic rings. The number of aryl methyl sites for hydroxylation is 1. The van der Waals surface area contributed by atoms with Crippen molar-refractivity contribution < 1.29 is 8.42 Å². The second-order valence-electron chi connectivity index (χ2n) is 5.37. The Hall–Kier alpha value is -0.690. The minimum atomic E-state index is -3.48. The number of thiophene rings is 1. The van der Waals surface area contributed by atoms with Gasteiger partial charge < -0.3 is 0 Å². The molecule has 0 aliphatic heterocycles. The Morgan fingerprint density at radius 2 is 1.95 bits per heavy atom. The second-order valence-corrected chi connectivity index (χ2v) is 9.68. The summed E-state index contributed by atoms with van der Waals surface area (Å²) in [7, 11) is -3.48. The molecular formula is C15H16BrNO2S2. The average Bonchev–Trinajstić information content (AvgIpc) is 3.24. The molecule has 1 fully saturated rings. The maximum Gasteiger partial charge on any atom is 0.250 e. The number of halogens is 1. The highest BCUT2D eigenvalue weighted by Gasteiger charge is 2.35. The Morgan fingerprint density at radius 1 is 1.29 bits per heavy atom. The van der Waals surface area contributed by atoms with Gasteiger partial charge in [-0.2, -0.15) is 0 Å². The molecule has 3 rings (SSSR count). The molecule has 21 heavy (non-hydrogen) atoms. The molecule has 112 valence electrons. The first kappa shape index (κ1) is 15.2. The van der Waals surface area contributed by atoms with Crippen LogP contribution in [0.3, 0.4) is 0 Å². The summed E-state index contributed by atoms with van der Waals surface area (Å²) in [6, 6.07) is 11.4. The van der Waals surface area contributed by atoms with Crippen LogP contribution in [-0.4, -0.2) is 8.42 Å². The van der Waals surface area contributed by atoms with Gasteiger partial charge in [-0.25, -0.2) is 13.1 Å². The largest absolute Gasteiger partial charge is 0.250 e. The predicted octanol–water partition coefficient (Wildman–Crippen LogP) is 4.25. The van der Waals surface area contributed by atoms with Crippen molar-refractivity contribution in [3.63, 3.8) is 0 Å². The molecule has 6 heteroatoms. The Labute approximate surface area is 137 Å². The molecule has 0 saturated heterocycles. The summed E-state index contributed by atoms with van der Waals surface area (Å²) in [4.78, 5) is 0. The number of sulfonamides is 1. The van der Waals surface area contributed by atoms with Gasteiger partial charge in [0, 0.05) is 6.04 Å². The number of nitrogens with one attached hydrogen (secondary N) is 1. The van der Waals surface area contributed by atoms with Crippen molar-refractivity contribution in [1.29, 1.82) is 0 Å². The van der Waals surface area contributed by atoms with Crippen LogP contribution in [0.4, 0.5) is 0 Å². The Balaban J connectivity index is 1.89. The number of hydrogen-bond donors (Lipinski definition) is 1. The van der Waals surface area contributed by atoms with Crippen LogP contribution in [-0.2, 0) is 10.0 Å². The van der Waals surface area contributed by atoms with Crippen molar-refractivity contribution >= 4 is 37.3 Å². The van der Waals surface area contributed by atoms with Crippen LogP contribution in [0.1, 0.15) is 30.0 Å². The maximum atomic E-state index is 12.6. The molecule has 1 N–H and O–H groups in total. The van der Waals surface area contributed by atoms with E-state index in [9.17, 15) is 8.42 Å². The molecule has 0 bridgehead atoms. The lowest BCUT2D eigenvalue weighted by molar-refractivity contribution is 0.530. The van der Waals surface area contributed by atoms with E-state index in [1.165, 1.54) is 11.3 Å². The van der Waals surface area contributed by atoms with Crippen molar-refractivity contribution in [3.05, 3.63) is 51.3 Å². The van der Waals surface area contributed by atoms with Crippen molar-refractivity contribution in [2.24, 2.45) is 5.92 Å². The van der Waals surface area contributed by atoms with E-state index < -0.39 is 10.0 Å². The SMILES string of the molecule is Cc1cc(S(=O)(=O)NC(c2ccccc2)C2CC2)sc1Br. The van der Waals surface area contributed by atoms with E-state index in [0.717, 1.165) is 27.8 Å². The van der Waals surface area contributed by atoms with Gasteiger partial charge in [0.05, 0.1) is 3.79 Å². The Morgan fingerprint density at radius 3 is 2.48 bits per heavy atom. The lowest BCUT2D eigenvalue weighted by Gasteiger charge is -2.18. The molecule has 1 aliphatic rings. The van der Waals surface area contributed by atoms with Gasteiger partial charge in [0.2, 0.25) is 0 Å². The zero-order valence-corrected chi connectivity index (χ0v) is 14.8. The summed E-state index contributed by atoms with van der Waals surface area (Å²) in [6.07, 6.45) is 2.16. The van der Waals surface area contributed by atoms with Crippen LogP contribution in [0.2, 0.25) is 0 Å². The second kappa shape index (κ2) is 5.83. The molecule has 0 radical (unpaired) electrons. The quantitative estimate of drug-likeness (QED) is 0.835. The van der Waals surface area contributed by atoms with E-state index >= 15 is 0 Å². The van der Waals surface area contributed by atoms with Crippen LogP contribution < -0.4 is 4.72 Å². The van der Waals surface area contributed by atoms with Crippen molar-refractivity contribution in [2.45, 2.75) is 30.0 Å². The smallest absolute Gasteiger partial charge is 0.206 e. The van der Waals surface area contributed by atoms with Gasteiger partial charge in [-0.15, -0.1) is 11.3 Å². The lowest BCUT2D eigenvalue weighted by atomic mass is 10.0. The normalized spacial score (nSPS) is 16.9. The van der Waals surface area contributed by atoms with E-state index in [1.807, 2.05) is 37.3 Å². The van der Waals surface area contributed by atoms with Gasteiger partial charge in [-0.3, -0.25) is 0 Å². The minimum Gasteiger partial charge on any atom is -0.206 e. The Bertz CT molecular complexity index is 717. The first-order chi connectivity index (χ1) is 9.97. The fourth-order valence-electron chi connectivity index (χ4n) is 2.32. The van der Waals surface area contributed by atoms with Crippen molar-refractivity contribution in [2.75, 3.05) is 0 Å². The molecule has 1 atom stereocenters. The van der Waals surface area contributed by atoms with Crippen LogP contribution >= 0.6 is 27.3 Å². The molecule has 1 saturated carbocycles. The zero-order chi connectivity index (χ0) is 15.0. The lowest BCUT2D eigenvalue weighted by Crippen LogP contribution is -2.29. The number of hydrogen-bond acceptors (Lipinski definition) is 3. The fourth-order valence-corrected chi connectivity index (χ4v) is 5.85. The van der Waals surface area contributed by atoms with Crippen LogP contribution in [0.15, 0.2) is 44.4 Å². The third-order valence-electron chi connectivity index (χ3n) is 3.63. The zero-order valence-electron chi connectivity index (χ0n) is 11.5. The topological polar surface area (TPSA) is 46.2 Å². The maximum absolute atomic E-state index is 12.6. The molecule has 1 unspecified atom stereocenters. The minimum absolute atomic E-state index is 0.127. The Kier molecular flexibility index (Phi) is 4.23. The summed E-state index contributed by atoms with van der Waals surface area (Å²) in [5.41, 5.74) is 1.99.